The minimum atomic E-state index is -5.04. The van der Waals surface area contributed by atoms with E-state index in [0.29, 0.717) is 15.1 Å². The fourth-order valence-corrected chi connectivity index (χ4v) is 7.07. The summed E-state index contributed by atoms with van der Waals surface area (Å²) < 4.78 is 62.3. The van der Waals surface area contributed by atoms with Gasteiger partial charge in [0.1, 0.15) is 0 Å². The first-order valence-corrected chi connectivity index (χ1v) is 16.3. The number of rotatable bonds is 11. The average Bonchev–Trinajstić information content (AvgIpc) is 2.87. The molecule has 11 nitrogen and oxygen atoms in total. The van der Waals surface area contributed by atoms with Crippen molar-refractivity contribution in [3.05, 3.63) is 76.9 Å². The molecule has 0 heterocycles. The van der Waals surface area contributed by atoms with Gasteiger partial charge in [-0.1, -0.05) is 30.3 Å². The Bertz CT molecular complexity index is 1750. The predicted molar refractivity (Wildman–Crippen MR) is 155 cm³/mol. The van der Waals surface area contributed by atoms with Crippen molar-refractivity contribution < 1.29 is 39.6 Å². The van der Waals surface area contributed by atoms with Crippen molar-refractivity contribution in [1.29, 1.82) is 0 Å². The lowest BCUT2D eigenvalue weighted by molar-refractivity contribution is -0.867. The van der Waals surface area contributed by atoms with Crippen LogP contribution in [0.3, 0.4) is 0 Å². The van der Waals surface area contributed by atoms with Gasteiger partial charge in [-0.2, -0.15) is 0 Å². The molecule has 0 saturated carbocycles. The molecule has 0 aromatic heterocycles. The molecular formula is C27H29N3O8S3. The second-order valence-corrected chi connectivity index (χ2v) is 14.7. The number of carbonyl (C=O) groups excluding carboxylic acids is 2. The van der Waals surface area contributed by atoms with Crippen LogP contribution >= 0.6 is 11.8 Å². The molecule has 0 saturated heterocycles. The van der Waals surface area contributed by atoms with Gasteiger partial charge in [0.05, 0.1) is 67.4 Å². The topological polar surface area (TPSA) is 173 Å². The highest BCUT2D eigenvalue weighted by Gasteiger charge is 2.35. The largest absolute Gasteiger partial charge is 0.726 e. The van der Waals surface area contributed by atoms with Gasteiger partial charge in [0.15, 0.2) is 21.4 Å². The van der Waals surface area contributed by atoms with Gasteiger partial charge in [-0.05, 0) is 24.3 Å². The third-order valence-electron chi connectivity index (χ3n) is 6.27. The van der Waals surface area contributed by atoms with Crippen molar-refractivity contribution in [2.24, 2.45) is 0 Å². The Morgan fingerprint density at radius 2 is 1.56 bits per heavy atom. The molecule has 14 heteroatoms. The summed E-state index contributed by atoms with van der Waals surface area (Å²) in [5.41, 5.74) is 7.95. The first-order chi connectivity index (χ1) is 19.1. The highest BCUT2D eigenvalue weighted by atomic mass is 32.3. The van der Waals surface area contributed by atoms with Gasteiger partial charge >= 0.3 is 0 Å². The maximum atomic E-state index is 13.7. The molecule has 3 aromatic carbocycles. The number of fused-ring (bicyclic) bond motifs is 2. The summed E-state index contributed by atoms with van der Waals surface area (Å²) in [4.78, 5) is 27.7. The van der Waals surface area contributed by atoms with Crippen molar-refractivity contribution in [2.45, 2.75) is 9.79 Å². The highest BCUT2D eigenvalue weighted by molar-refractivity contribution is 7.99. The van der Waals surface area contributed by atoms with Crippen LogP contribution in [0.4, 0.5) is 17.1 Å². The van der Waals surface area contributed by atoms with Crippen LogP contribution in [0.15, 0.2) is 64.4 Å². The van der Waals surface area contributed by atoms with E-state index in [4.69, 9.17) is 5.73 Å². The van der Waals surface area contributed by atoms with Crippen molar-refractivity contribution in [3.63, 3.8) is 0 Å². The molecule has 1 aliphatic carbocycles. The van der Waals surface area contributed by atoms with Crippen LogP contribution in [-0.2, 0) is 24.4 Å². The molecule has 0 aliphatic heterocycles. The molecule has 0 spiro atoms. The van der Waals surface area contributed by atoms with Gasteiger partial charge in [0.2, 0.25) is 10.4 Å². The van der Waals surface area contributed by atoms with Crippen LogP contribution in [0, 0.1) is 0 Å². The Labute approximate surface area is 243 Å². The lowest BCUT2D eigenvalue weighted by Crippen LogP contribution is -2.36. The summed E-state index contributed by atoms with van der Waals surface area (Å²) >= 11 is 1.45. The minimum absolute atomic E-state index is 0.0875. The van der Waals surface area contributed by atoms with Crippen LogP contribution in [0.1, 0.15) is 31.8 Å². The van der Waals surface area contributed by atoms with Crippen LogP contribution in [0.2, 0.25) is 0 Å². The number of ketones is 2. The number of nitrogens with one attached hydrogen (secondary N) is 1. The molecule has 218 valence electrons. The summed E-state index contributed by atoms with van der Waals surface area (Å²) in [6, 6.07) is 13.8. The molecule has 3 aromatic rings. The molecular weight excluding hydrogens is 591 g/mol. The first-order valence-electron chi connectivity index (χ1n) is 12.4. The number of hydrogen-bond donors (Lipinski definition) is 2. The standard InChI is InChI=1S/C27H29N3O8S3/c1-30(2,3)11-13-39-22-16-21(23-24(25(22)28)27(32)20-10-5-4-9-19(20)26(23)31)29-17-7-6-8-18(15-17)40(33,34)14-12-38-41(35,36)37/h4-10,15-16H,11-14H2,1-3H3,(H3-,28,29,31,32,35,36,37). The third kappa shape index (κ3) is 7.15. The summed E-state index contributed by atoms with van der Waals surface area (Å²) in [7, 11) is -2.92. The zero-order valence-electron chi connectivity index (χ0n) is 22.5. The molecule has 0 atom stereocenters. The third-order valence-corrected chi connectivity index (χ3v) is 9.44. The Hall–Kier alpha value is -3.27. The number of nitrogens with zero attached hydrogens (tertiary/aromatic N) is 1. The maximum Gasteiger partial charge on any atom is 0.217 e. The van der Waals surface area contributed by atoms with Gasteiger partial charge in [0, 0.05) is 27.5 Å². The minimum Gasteiger partial charge on any atom is -0.726 e. The number of hydrogen-bond acceptors (Lipinski definition) is 11. The number of carbonyl (C=O) groups is 2. The Kier molecular flexibility index (Phi) is 8.64. The summed E-state index contributed by atoms with van der Waals surface area (Å²) in [5, 5.41) is 3.09. The van der Waals surface area contributed by atoms with E-state index >= 15 is 0 Å². The monoisotopic (exact) mass is 619 g/mol. The lowest BCUT2D eigenvalue weighted by Gasteiger charge is -2.25. The van der Waals surface area contributed by atoms with E-state index in [1.165, 1.54) is 30.0 Å². The SMILES string of the molecule is C[N+](C)(C)CCSc1cc(Nc2cccc(S(=O)(=O)CCOS(=O)(=O)[O-])c2)c2c(c1N)C(=O)c1ccccc1C2=O. The van der Waals surface area contributed by atoms with Gasteiger partial charge in [0.25, 0.3) is 0 Å². The molecule has 0 radical (unpaired) electrons. The van der Waals surface area contributed by atoms with Crippen LogP contribution in [0.5, 0.6) is 0 Å². The first kappa shape index (κ1) is 30.7. The highest BCUT2D eigenvalue weighted by Crippen LogP contribution is 2.42. The normalized spacial score (nSPS) is 13.6. The fraction of sp³-hybridized carbons (Fsp3) is 0.259. The van der Waals surface area contributed by atoms with Gasteiger partial charge in [-0.25, -0.2) is 16.8 Å². The van der Waals surface area contributed by atoms with Crippen LogP contribution in [0.25, 0.3) is 0 Å². The van der Waals surface area contributed by atoms with Gasteiger partial charge < -0.3 is 20.1 Å². The van der Waals surface area contributed by atoms with Crippen molar-refractivity contribution in [3.8, 4) is 0 Å². The van der Waals surface area contributed by atoms with E-state index in [2.05, 4.69) is 30.6 Å². The van der Waals surface area contributed by atoms with E-state index in [9.17, 15) is 31.0 Å². The number of thioether (sulfide) groups is 1. The lowest BCUT2D eigenvalue weighted by atomic mass is 9.82. The van der Waals surface area contributed by atoms with Gasteiger partial charge in [-0.15, -0.1) is 11.8 Å². The number of benzene rings is 3. The summed E-state index contributed by atoms with van der Waals surface area (Å²) in [5.74, 6) is -0.840. The predicted octanol–water partition coefficient (Wildman–Crippen LogP) is 2.84. The molecule has 3 N–H and O–H groups in total. The Morgan fingerprint density at radius 3 is 2.17 bits per heavy atom. The number of anilines is 3. The quantitative estimate of drug-likeness (QED) is 0.0831. The molecule has 1 aliphatic rings. The summed E-state index contributed by atoms with van der Waals surface area (Å²) in [6.07, 6.45) is 0. The molecule has 0 fully saturated rings. The average molecular weight is 620 g/mol. The van der Waals surface area contributed by atoms with E-state index in [1.54, 1.807) is 36.4 Å². The summed E-state index contributed by atoms with van der Waals surface area (Å²) in [6.45, 7) is -0.0297. The fourth-order valence-electron chi connectivity index (χ4n) is 4.23. The Morgan fingerprint density at radius 1 is 0.927 bits per heavy atom. The van der Waals surface area contributed by atoms with Crippen molar-refractivity contribution >= 4 is 60.6 Å². The van der Waals surface area contributed by atoms with E-state index in [0.717, 1.165) is 6.54 Å². The van der Waals surface area contributed by atoms with E-state index in [-0.39, 0.29) is 50.0 Å². The molecule has 0 bridgehead atoms. The zero-order chi connectivity index (χ0) is 30.2. The van der Waals surface area contributed by atoms with E-state index < -0.39 is 38.4 Å². The van der Waals surface area contributed by atoms with Crippen molar-refractivity contribution in [2.75, 3.05) is 56.9 Å². The van der Waals surface area contributed by atoms with E-state index in [1.807, 2.05) is 0 Å². The number of quaternary nitrogens is 1. The number of nitrogens with two attached hydrogens (primary N) is 1. The van der Waals surface area contributed by atoms with Crippen LogP contribution in [-0.4, -0.2) is 83.2 Å². The molecule has 4 rings (SSSR count). The zero-order valence-corrected chi connectivity index (χ0v) is 25.0. The molecule has 0 amide bonds. The number of nitrogen functional groups attached to an aromatic ring is 1. The van der Waals surface area contributed by atoms with Crippen LogP contribution < -0.4 is 11.1 Å². The Balaban J connectivity index is 1.75. The molecule has 41 heavy (non-hydrogen) atoms. The maximum absolute atomic E-state index is 13.7. The second-order valence-electron chi connectivity index (χ2n) is 10.4. The molecule has 0 unspecified atom stereocenters. The number of sulfone groups is 1. The smallest absolute Gasteiger partial charge is 0.217 e. The van der Waals surface area contributed by atoms with Crippen molar-refractivity contribution in [1.82, 2.24) is 0 Å². The van der Waals surface area contributed by atoms with Gasteiger partial charge in [-0.3, -0.25) is 13.8 Å². The second kappa shape index (κ2) is 11.5.